The zero-order chi connectivity index (χ0) is 13.2. The van der Waals surface area contributed by atoms with Crippen LogP contribution in [0.15, 0.2) is 30.3 Å². The topological polar surface area (TPSA) is 21.3 Å². The highest BCUT2D eigenvalue weighted by atomic mass is 32.1. The molecular weight excluding hydrogens is 254 g/mol. The first-order chi connectivity index (χ1) is 9.29. The van der Waals surface area contributed by atoms with Gasteiger partial charge in [-0.3, -0.25) is 0 Å². The van der Waals surface area contributed by atoms with Crippen LogP contribution >= 0.6 is 11.3 Å². The fourth-order valence-corrected chi connectivity index (χ4v) is 3.71. The van der Waals surface area contributed by atoms with Crippen LogP contribution in [-0.4, -0.2) is 13.7 Å². The third-order valence-electron chi connectivity index (χ3n) is 3.61. The molecule has 0 fully saturated rings. The van der Waals surface area contributed by atoms with Crippen molar-refractivity contribution in [2.75, 3.05) is 13.7 Å². The Balaban J connectivity index is 2.04. The maximum absolute atomic E-state index is 5.93. The quantitative estimate of drug-likeness (QED) is 0.921. The van der Waals surface area contributed by atoms with E-state index < -0.39 is 0 Å². The van der Waals surface area contributed by atoms with E-state index in [1.54, 1.807) is 0 Å². The first-order valence-corrected chi connectivity index (χ1v) is 7.59. The average Bonchev–Trinajstić information content (AvgIpc) is 2.86. The van der Waals surface area contributed by atoms with Gasteiger partial charge in [-0.15, -0.1) is 11.3 Å². The Bertz CT molecular complexity index is 576. The second-order valence-electron chi connectivity index (χ2n) is 4.96. The Labute approximate surface area is 118 Å². The minimum Gasteiger partial charge on any atom is -0.493 e. The molecule has 0 aliphatic carbocycles. The molecule has 1 atom stereocenters. The Morgan fingerprint density at radius 2 is 2.16 bits per heavy atom. The number of para-hydroxylation sites is 1. The molecule has 0 bridgehead atoms. The molecule has 0 spiro atoms. The molecule has 2 nitrogen and oxygen atoms in total. The van der Waals surface area contributed by atoms with E-state index in [1.165, 1.54) is 20.9 Å². The number of benzene rings is 1. The molecule has 100 valence electrons. The maximum Gasteiger partial charge on any atom is 0.127 e. The Kier molecular flexibility index (Phi) is 3.58. The van der Waals surface area contributed by atoms with Crippen LogP contribution in [0.5, 0.6) is 5.75 Å². The molecule has 19 heavy (non-hydrogen) atoms. The molecule has 1 aliphatic rings. The van der Waals surface area contributed by atoms with Crippen molar-refractivity contribution in [2.24, 2.45) is 0 Å². The van der Waals surface area contributed by atoms with Gasteiger partial charge in [-0.05, 0) is 44.5 Å². The van der Waals surface area contributed by atoms with Gasteiger partial charge in [-0.25, -0.2) is 0 Å². The van der Waals surface area contributed by atoms with Crippen LogP contribution in [0.25, 0.3) is 0 Å². The Hall–Kier alpha value is -1.32. The standard InChI is InChI=1S/C16H19NOS/c1-11-8-9-14(19-11)15(17-2)13-7-3-5-12-6-4-10-18-16(12)13/h3,5,7-9,15,17H,4,6,10H2,1-2H3. The number of aryl methyl sites for hydroxylation is 2. The van der Waals surface area contributed by atoms with Crippen molar-refractivity contribution >= 4 is 11.3 Å². The number of fused-ring (bicyclic) bond motifs is 1. The van der Waals surface area contributed by atoms with E-state index >= 15 is 0 Å². The van der Waals surface area contributed by atoms with Gasteiger partial charge in [0.05, 0.1) is 12.6 Å². The van der Waals surface area contributed by atoms with Gasteiger partial charge < -0.3 is 10.1 Å². The number of ether oxygens (including phenoxy) is 1. The third-order valence-corrected chi connectivity index (χ3v) is 4.67. The largest absolute Gasteiger partial charge is 0.493 e. The molecule has 3 heteroatoms. The summed E-state index contributed by atoms with van der Waals surface area (Å²) in [5.74, 6) is 1.10. The lowest BCUT2D eigenvalue weighted by Crippen LogP contribution is -2.20. The molecule has 0 saturated heterocycles. The summed E-state index contributed by atoms with van der Waals surface area (Å²) in [5, 5.41) is 3.43. The number of nitrogens with one attached hydrogen (secondary N) is 1. The van der Waals surface area contributed by atoms with Crippen LogP contribution in [0, 0.1) is 6.92 Å². The lowest BCUT2D eigenvalue weighted by atomic mass is 9.97. The Morgan fingerprint density at radius 3 is 2.89 bits per heavy atom. The van der Waals surface area contributed by atoms with Gasteiger partial charge in [0.15, 0.2) is 0 Å². The zero-order valence-electron chi connectivity index (χ0n) is 11.4. The summed E-state index contributed by atoms with van der Waals surface area (Å²) >= 11 is 1.85. The fraction of sp³-hybridized carbons (Fsp3) is 0.375. The van der Waals surface area contributed by atoms with Crippen molar-refractivity contribution in [3.05, 3.63) is 51.2 Å². The summed E-state index contributed by atoms with van der Waals surface area (Å²) in [6.45, 7) is 2.99. The molecule has 1 N–H and O–H groups in total. The molecular formula is C16H19NOS. The van der Waals surface area contributed by atoms with Gasteiger partial charge >= 0.3 is 0 Å². The number of thiophene rings is 1. The fourth-order valence-electron chi connectivity index (χ4n) is 2.70. The monoisotopic (exact) mass is 273 g/mol. The van der Waals surface area contributed by atoms with Crippen LogP contribution < -0.4 is 10.1 Å². The summed E-state index contributed by atoms with van der Waals surface area (Å²) in [7, 11) is 2.02. The van der Waals surface area contributed by atoms with Gasteiger partial charge in [0.2, 0.25) is 0 Å². The van der Waals surface area contributed by atoms with Crippen molar-refractivity contribution < 1.29 is 4.74 Å². The number of hydrogen-bond donors (Lipinski definition) is 1. The van der Waals surface area contributed by atoms with E-state index in [1.807, 2.05) is 18.4 Å². The average molecular weight is 273 g/mol. The van der Waals surface area contributed by atoms with Gasteiger partial charge in [0.1, 0.15) is 5.75 Å². The second kappa shape index (κ2) is 5.35. The minimum atomic E-state index is 0.228. The van der Waals surface area contributed by atoms with Gasteiger partial charge in [-0.2, -0.15) is 0 Å². The summed E-state index contributed by atoms with van der Waals surface area (Å²) in [5.41, 5.74) is 2.61. The third kappa shape index (κ3) is 2.40. The number of rotatable bonds is 3. The van der Waals surface area contributed by atoms with Gasteiger partial charge in [0, 0.05) is 15.3 Å². The van der Waals surface area contributed by atoms with E-state index in [4.69, 9.17) is 4.74 Å². The highest BCUT2D eigenvalue weighted by molar-refractivity contribution is 7.12. The molecule has 1 aliphatic heterocycles. The predicted octanol–water partition coefficient (Wildman–Crippen LogP) is 3.69. The van der Waals surface area contributed by atoms with Crippen LogP contribution in [0.1, 0.15) is 33.3 Å². The summed E-state index contributed by atoms with van der Waals surface area (Å²) in [6, 6.07) is 11.1. The van der Waals surface area contributed by atoms with Crippen molar-refractivity contribution in [3.63, 3.8) is 0 Å². The maximum atomic E-state index is 5.93. The summed E-state index contributed by atoms with van der Waals surface area (Å²) in [4.78, 5) is 2.70. The molecule has 0 amide bonds. The first kappa shape index (κ1) is 12.7. The zero-order valence-corrected chi connectivity index (χ0v) is 12.2. The molecule has 1 unspecified atom stereocenters. The lowest BCUT2D eigenvalue weighted by molar-refractivity contribution is 0.283. The highest BCUT2D eigenvalue weighted by Gasteiger charge is 2.22. The summed E-state index contributed by atoms with van der Waals surface area (Å²) < 4.78 is 5.93. The van der Waals surface area contributed by atoms with Crippen LogP contribution in [-0.2, 0) is 6.42 Å². The molecule has 0 radical (unpaired) electrons. The van der Waals surface area contributed by atoms with Gasteiger partial charge in [0.25, 0.3) is 0 Å². The lowest BCUT2D eigenvalue weighted by Gasteiger charge is -2.24. The summed E-state index contributed by atoms with van der Waals surface area (Å²) in [6.07, 6.45) is 2.25. The van der Waals surface area contributed by atoms with E-state index in [0.29, 0.717) is 0 Å². The van der Waals surface area contributed by atoms with E-state index in [0.717, 1.165) is 25.2 Å². The van der Waals surface area contributed by atoms with Crippen LogP contribution in [0.4, 0.5) is 0 Å². The highest BCUT2D eigenvalue weighted by Crippen LogP contribution is 2.37. The Morgan fingerprint density at radius 1 is 1.26 bits per heavy atom. The van der Waals surface area contributed by atoms with E-state index in [-0.39, 0.29) is 6.04 Å². The van der Waals surface area contributed by atoms with Crippen molar-refractivity contribution in [2.45, 2.75) is 25.8 Å². The van der Waals surface area contributed by atoms with Gasteiger partial charge in [-0.1, -0.05) is 18.2 Å². The second-order valence-corrected chi connectivity index (χ2v) is 6.28. The smallest absolute Gasteiger partial charge is 0.127 e. The molecule has 2 heterocycles. The molecule has 0 saturated carbocycles. The molecule has 2 aromatic rings. The minimum absolute atomic E-state index is 0.228. The van der Waals surface area contributed by atoms with Crippen molar-refractivity contribution in [1.82, 2.24) is 5.32 Å². The van der Waals surface area contributed by atoms with Crippen LogP contribution in [0.3, 0.4) is 0 Å². The number of hydrogen-bond acceptors (Lipinski definition) is 3. The van der Waals surface area contributed by atoms with E-state index in [9.17, 15) is 0 Å². The van der Waals surface area contributed by atoms with Crippen LogP contribution in [0.2, 0.25) is 0 Å². The molecule has 3 rings (SSSR count). The van der Waals surface area contributed by atoms with E-state index in [2.05, 4.69) is 42.6 Å². The predicted molar refractivity (Wildman–Crippen MR) is 80.2 cm³/mol. The van der Waals surface area contributed by atoms with Crippen molar-refractivity contribution in [3.8, 4) is 5.75 Å². The first-order valence-electron chi connectivity index (χ1n) is 6.78. The SMILES string of the molecule is CNC(c1ccc(C)s1)c1cccc2c1OCCC2. The molecule has 1 aromatic heterocycles. The molecule has 1 aromatic carbocycles. The normalized spacial score (nSPS) is 15.7. The van der Waals surface area contributed by atoms with Crippen molar-refractivity contribution in [1.29, 1.82) is 0 Å².